The van der Waals surface area contributed by atoms with E-state index in [9.17, 15) is 9.59 Å². The molecule has 1 aromatic heterocycles. The van der Waals surface area contributed by atoms with E-state index in [4.69, 9.17) is 0 Å². The highest BCUT2D eigenvalue weighted by molar-refractivity contribution is 7.18. The maximum Gasteiger partial charge on any atom is 0.249 e. The predicted molar refractivity (Wildman–Crippen MR) is 98.2 cm³/mol. The number of rotatable bonds is 6. The highest BCUT2D eigenvalue weighted by Gasteiger charge is 2.33. The minimum Gasteiger partial charge on any atom is -0.344 e. The summed E-state index contributed by atoms with van der Waals surface area (Å²) in [4.78, 5) is 24.5. The standard InChI is InChI=1S/C18H22N4O2S/c1-10(2)14(19-15(23)12-7-8-12)16(24)20-18-22-21-17(25-18)13-6-4-5-11(3)9-13/h4-6,9-10,12,14H,7-8H2,1-3H3,(H,19,23)(H,20,22,24)/t14-/m1/s1. The van der Waals surface area contributed by atoms with Gasteiger partial charge in [0.2, 0.25) is 16.9 Å². The Balaban J connectivity index is 1.68. The van der Waals surface area contributed by atoms with E-state index >= 15 is 0 Å². The van der Waals surface area contributed by atoms with E-state index < -0.39 is 6.04 Å². The number of nitrogens with one attached hydrogen (secondary N) is 2. The molecule has 7 heteroatoms. The molecular formula is C18H22N4O2S. The second-order valence-electron chi connectivity index (χ2n) is 6.78. The van der Waals surface area contributed by atoms with Crippen molar-refractivity contribution in [1.29, 1.82) is 0 Å². The third-order valence-corrected chi connectivity index (χ3v) is 5.00. The zero-order valence-corrected chi connectivity index (χ0v) is 15.4. The molecular weight excluding hydrogens is 336 g/mol. The summed E-state index contributed by atoms with van der Waals surface area (Å²) in [5.74, 6) is -0.224. The van der Waals surface area contributed by atoms with Crippen LogP contribution in [0.2, 0.25) is 0 Å². The Labute approximate surface area is 151 Å². The summed E-state index contributed by atoms with van der Waals surface area (Å²) in [7, 11) is 0. The summed E-state index contributed by atoms with van der Waals surface area (Å²) < 4.78 is 0. The van der Waals surface area contributed by atoms with Gasteiger partial charge in [-0.25, -0.2) is 0 Å². The summed E-state index contributed by atoms with van der Waals surface area (Å²) in [6.07, 6.45) is 1.82. The highest BCUT2D eigenvalue weighted by Crippen LogP contribution is 2.29. The van der Waals surface area contributed by atoms with Crippen LogP contribution in [0.3, 0.4) is 0 Å². The van der Waals surface area contributed by atoms with Gasteiger partial charge in [0, 0.05) is 11.5 Å². The van der Waals surface area contributed by atoms with Crippen LogP contribution in [0.4, 0.5) is 5.13 Å². The number of anilines is 1. The maximum absolute atomic E-state index is 12.5. The molecule has 132 valence electrons. The van der Waals surface area contributed by atoms with Gasteiger partial charge >= 0.3 is 0 Å². The Bertz CT molecular complexity index is 783. The van der Waals surface area contributed by atoms with Crippen molar-refractivity contribution >= 4 is 28.3 Å². The number of carbonyl (C=O) groups excluding carboxylic acids is 2. The molecule has 3 rings (SSSR count). The Morgan fingerprint density at radius 3 is 2.64 bits per heavy atom. The minimum absolute atomic E-state index is 0.00753. The maximum atomic E-state index is 12.5. The molecule has 1 fully saturated rings. The van der Waals surface area contributed by atoms with Gasteiger partial charge in [-0.15, -0.1) is 10.2 Å². The van der Waals surface area contributed by atoms with E-state index in [1.165, 1.54) is 11.3 Å². The average molecular weight is 358 g/mol. The summed E-state index contributed by atoms with van der Waals surface area (Å²) >= 11 is 1.32. The third-order valence-electron chi connectivity index (χ3n) is 4.12. The van der Waals surface area contributed by atoms with Crippen LogP contribution < -0.4 is 10.6 Å². The van der Waals surface area contributed by atoms with Crippen LogP contribution in [-0.4, -0.2) is 28.1 Å². The molecule has 6 nitrogen and oxygen atoms in total. The van der Waals surface area contributed by atoms with Gasteiger partial charge in [0.1, 0.15) is 11.0 Å². The van der Waals surface area contributed by atoms with Gasteiger partial charge in [0.05, 0.1) is 0 Å². The number of hydrogen-bond acceptors (Lipinski definition) is 5. The van der Waals surface area contributed by atoms with E-state index in [1.807, 2.05) is 45.0 Å². The van der Waals surface area contributed by atoms with Crippen molar-refractivity contribution in [2.45, 2.75) is 39.7 Å². The van der Waals surface area contributed by atoms with Crippen LogP contribution >= 0.6 is 11.3 Å². The quantitative estimate of drug-likeness (QED) is 0.831. The molecule has 0 spiro atoms. The number of benzene rings is 1. The first kappa shape index (κ1) is 17.5. The predicted octanol–water partition coefficient (Wildman–Crippen LogP) is 3.00. The zero-order valence-electron chi connectivity index (χ0n) is 14.6. The zero-order chi connectivity index (χ0) is 18.0. The average Bonchev–Trinajstić information content (AvgIpc) is 3.32. The molecule has 0 unspecified atom stereocenters. The van der Waals surface area contributed by atoms with Crippen molar-refractivity contribution in [2.75, 3.05) is 5.32 Å². The smallest absolute Gasteiger partial charge is 0.249 e. The minimum atomic E-state index is -0.570. The van der Waals surface area contributed by atoms with Crippen molar-refractivity contribution in [1.82, 2.24) is 15.5 Å². The molecule has 25 heavy (non-hydrogen) atoms. The second kappa shape index (κ2) is 7.31. The molecule has 0 bridgehead atoms. The number of amides is 2. The van der Waals surface area contributed by atoms with Crippen LogP contribution in [0, 0.1) is 18.8 Å². The second-order valence-corrected chi connectivity index (χ2v) is 7.75. The molecule has 1 atom stereocenters. The molecule has 1 aliphatic rings. The van der Waals surface area contributed by atoms with Gasteiger partial charge in [-0.1, -0.05) is 48.9 Å². The molecule has 0 saturated heterocycles. The first-order valence-electron chi connectivity index (χ1n) is 8.46. The van der Waals surface area contributed by atoms with Gasteiger partial charge < -0.3 is 5.32 Å². The van der Waals surface area contributed by atoms with E-state index in [0.29, 0.717) is 5.13 Å². The van der Waals surface area contributed by atoms with Crippen LogP contribution in [0.15, 0.2) is 24.3 Å². The first-order valence-corrected chi connectivity index (χ1v) is 9.27. The molecule has 1 aromatic carbocycles. The SMILES string of the molecule is Cc1cccc(-c2nnc(NC(=O)[C@H](NC(=O)C3CC3)C(C)C)s2)c1. The molecule has 1 heterocycles. The van der Waals surface area contributed by atoms with Gasteiger partial charge in [0.15, 0.2) is 0 Å². The molecule has 1 saturated carbocycles. The molecule has 0 radical (unpaired) electrons. The molecule has 0 aliphatic heterocycles. The fourth-order valence-electron chi connectivity index (χ4n) is 2.50. The molecule has 1 aliphatic carbocycles. The number of carbonyl (C=O) groups is 2. The van der Waals surface area contributed by atoms with E-state index in [1.54, 1.807) is 0 Å². The monoisotopic (exact) mass is 358 g/mol. The lowest BCUT2D eigenvalue weighted by molar-refractivity contribution is -0.128. The molecule has 2 N–H and O–H groups in total. The Kier molecular flexibility index (Phi) is 5.13. The fourth-order valence-corrected chi connectivity index (χ4v) is 3.25. The lowest BCUT2D eigenvalue weighted by Crippen LogP contribution is -2.47. The Hall–Kier alpha value is -2.28. The van der Waals surface area contributed by atoms with Crippen molar-refractivity contribution < 1.29 is 9.59 Å². The summed E-state index contributed by atoms with van der Waals surface area (Å²) in [6.45, 7) is 5.84. The number of nitrogens with zero attached hydrogens (tertiary/aromatic N) is 2. The van der Waals surface area contributed by atoms with Crippen LogP contribution in [0.25, 0.3) is 10.6 Å². The summed E-state index contributed by atoms with van der Waals surface area (Å²) in [6, 6.07) is 7.40. The third kappa shape index (κ3) is 4.42. The van der Waals surface area contributed by atoms with Gasteiger partial charge in [-0.05, 0) is 31.7 Å². The number of aryl methyl sites for hydroxylation is 1. The van der Waals surface area contributed by atoms with Gasteiger partial charge in [0.25, 0.3) is 0 Å². The fraction of sp³-hybridized carbons (Fsp3) is 0.444. The van der Waals surface area contributed by atoms with Gasteiger partial charge in [-0.2, -0.15) is 0 Å². The van der Waals surface area contributed by atoms with Crippen molar-refractivity contribution in [2.24, 2.45) is 11.8 Å². The lowest BCUT2D eigenvalue weighted by Gasteiger charge is -2.20. The lowest BCUT2D eigenvalue weighted by atomic mass is 10.0. The van der Waals surface area contributed by atoms with Crippen LogP contribution in [0.5, 0.6) is 0 Å². The summed E-state index contributed by atoms with van der Waals surface area (Å²) in [5, 5.41) is 15.0. The van der Waals surface area contributed by atoms with Gasteiger partial charge in [-0.3, -0.25) is 14.9 Å². The van der Waals surface area contributed by atoms with Crippen molar-refractivity contribution in [3.63, 3.8) is 0 Å². The van der Waals surface area contributed by atoms with Crippen molar-refractivity contribution in [3.05, 3.63) is 29.8 Å². The van der Waals surface area contributed by atoms with Crippen molar-refractivity contribution in [3.8, 4) is 10.6 Å². The first-order chi connectivity index (χ1) is 11.9. The van der Waals surface area contributed by atoms with Crippen LogP contribution in [0.1, 0.15) is 32.3 Å². The number of hydrogen-bond donors (Lipinski definition) is 2. The van der Waals surface area contributed by atoms with Crippen LogP contribution in [-0.2, 0) is 9.59 Å². The highest BCUT2D eigenvalue weighted by atomic mass is 32.1. The summed E-state index contributed by atoms with van der Waals surface area (Å²) in [5.41, 5.74) is 2.11. The molecule has 2 amide bonds. The van der Waals surface area contributed by atoms with E-state index in [0.717, 1.165) is 29.0 Å². The van der Waals surface area contributed by atoms with E-state index in [-0.39, 0.29) is 23.7 Å². The number of aromatic nitrogens is 2. The normalized spacial score (nSPS) is 15.0. The Morgan fingerprint density at radius 2 is 2.00 bits per heavy atom. The topological polar surface area (TPSA) is 84.0 Å². The largest absolute Gasteiger partial charge is 0.344 e. The molecule has 2 aromatic rings. The van der Waals surface area contributed by atoms with E-state index in [2.05, 4.69) is 20.8 Å². The Morgan fingerprint density at radius 1 is 1.24 bits per heavy atom.